The molecule has 1 aromatic rings. The third kappa shape index (κ3) is 3.64. The maximum atomic E-state index is 12.5. The molecular formula is C15H24N4O3. The van der Waals surface area contributed by atoms with Crippen molar-refractivity contribution in [2.24, 2.45) is 5.92 Å². The Bertz CT molecular complexity index is 491. The standard InChI is InChI=1S/C15H24N4O3/c1-2-13-16-14(22-17-13)11-18-5-3-12(4-6-18)15(20)19-7-9-21-10-8-19/h12H,2-11H2,1H3. The van der Waals surface area contributed by atoms with Gasteiger partial charge in [-0.2, -0.15) is 4.98 Å². The smallest absolute Gasteiger partial charge is 0.240 e. The number of hydrogen-bond acceptors (Lipinski definition) is 6. The highest BCUT2D eigenvalue weighted by Gasteiger charge is 2.29. The molecule has 0 unspecified atom stereocenters. The van der Waals surface area contributed by atoms with Gasteiger partial charge in [0, 0.05) is 25.4 Å². The molecule has 2 saturated heterocycles. The van der Waals surface area contributed by atoms with Crippen molar-refractivity contribution in [2.45, 2.75) is 32.7 Å². The number of aromatic nitrogens is 2. The van der Waals surface area contributed by atoms with E-state index in [1.54, 1.807) is 0 Å². The average Bonchev–Trinajstić information content (AvgIpc) is 3.03. The third-order valence-electron chi connectivity index (χ3n) is 4.44. The summed E-state index contributed by atoms with van der Waals surface area (Å²) in [6.45, 7) is 7.32. The highest BCUT2D eigenvalue weighted by molar-refractivity contribution is 5.79. The van der Waals surface area contributed by atoms with E-state index in [0.717, 1.165) is 51.3 Å². The van der Waals surface area contributed by atoms with Gasteiger partial charge in [0.15, 0.2) is 5.82 Å². The first-order valence-electron chi connectivity index (χ1n) is 8.16. The Kier molecular flexibility index (Phi) is 5.04. The van der Waals surface area contributed by atoms with Crippen LogP contribution < -0.4 is 0 Å². The van der Waals surface area contributed by atoms with Crippen LogP contribution in [0.2, 0.25) is 0 Å². The molecule has 7 heteroatoms. The highest BCUT2D eigenvalue weighted by atomic mass is 16.5. The van der Waals surface area contributed by atoms with Crippen molar-refractivity contribution >= 4 is 5.91 Å². The molecule has 3 rings (SSSR count). The second-order valence-electron chi connectivity index (χ2n) is 5.95. The number of rotatable bonds is 4. The number of carbonyl (C=O) groups is 1. The van der Waals surface area contributed by atoms with Gasteiger partial charge in [-0.3, -0.25) is 9.69 Å². The van der Waals surface area contributed by atoms with Gasteiger partial charge in [0.05, 0.1) is 19.8 Å². The number of piperidine rings is 1. The van der Waals surface area contributed by atoms with Gasteiger partial charge in [-0.25, -0.2) is 0 Å². The maximum absolute atomic E-state index is 12.5. The molecule has 0 radical (unpaired) electrons. The number of ether oxygens (including phenoxy) is 1. The minimum Gasteiger partial charge on any atom is -0.378 e. The van der Waals surface area contributed by atoms with Crippen LogP contribution >= 0.6 is 0 Å². The molecular weight excluding hydrogens is 284 g/mol. The Hall–Kier alpha value is -1.47. The topological polar surface area (TPSA) is 71.7 Å². The summed E-state index contributed by atoms with van der Waals surface area (Å²) < 4.78 is 10.5. The monoisotopic (exact) mass is 308 g/mol. The van der Waals surface area contributed by atoms with E-state index in [2.05, 4.69) is 15.0 Å². The fourth-order valence-corrected chi connectivity index (χ4v) is 3.07. The molecule has 7 nitrogen and oxygen atoms in total. The molecule has 0 aromatic carbocycles. The maximum Gasteiger partial charge on any atom is 0.240 e. The van der Waals surface area contributed by atoms with Crippen LogP contribution in [0.5, 0.6) is 0 Å². The summed E-state index contributed by atoms with van der Waals surface area (Å²) in [7, 11) is 0. The first kappa shape index (κ1) is 15.4. The van der Waals surface area contributed by atoms with E-state index in [1.165, 1.54) is 0 Å². The van der Waals surface area contributed by atoms with Crippen LogP contribution in [-0.4, -0.2) is 65.2 Å². The predicted octanol–water partition coefficient (Wildman–Crippen LogP) is 0.703. The Balaban J connectivity index is 1.46. The van der Waals surface area contributed by atoms with Gasteiger partial charge in [-0.05, 0) is 25.9 Å². The number of aryl methyl sites for hydroxylation is 1. The molecule has 0 saturated carbocycles. The second kappa shape index (κ2) is 7.19. The van der Waals surface area contributed by atoms with Gasteiger partial charge < -0.3 is 14.2 Å². The number of morpholine rings is 1. The summed E-state index contributed by atoms with van der Waals surface area (Å²) in [5.74, 6) is 1.89. The first-order valence-corrected chi connectivity index (χ1v) is 8.16. The zero-order valence-corrected chi connectivity index (χ0v) is 13.2. The lowest BCUT2D eigenvalue weighted by atomic mass is 9.95. The molecule has 0 aliphatic carbocycles. The van der Waals surface area contributed by atoms with Gasteiger partial charge in [-0.1, -0.05) is 12.1 Å². The lowest BCUT2D eigenvalue weighted by Crippen LogP contribution is -2.46. The molecule has 2 aliphatic heterocycles. The Morgan fingerprint density at radius 2 is 1.95 bits per heavy atom. The van der Waals surface area contributed by atoms with Crippen molar-refractivity contribution in [1.82, 2.24) is 19.9 Å². The molecule has 122 valence electrons. The molecule has 1 aromatic heterocycles. The Morgan fingerprint density at radius 1 is 1.23 bits per heavy atom. The summed E-state index contributed by atoms with van der Waals surface area (Å²) in [5.41, 5.74) is 0. The predicted molar refractivity (Wildman–Crippen MR) is 79.1 cm³/mol. The first-order chi connectivity index (χ1) is 10.8. The van der Waals surface area contributed by atoms with Crippen LogP contribution in [0.15, 0.2) is 4.52 Å². The molecule has 0 N–H and O–H groups in total. The van der Waals surface area contributed by atoms with Crippen molar-refractivity contribution < 1.29 is 14.1 Å². The number of amides is 1. The lowest BCUT2D eigenvalue weighted by Gasteiger charge is -2.35. The van der Waals surface area contributed by atoms with E-state index in [0.29, 0.717) is 31.6 Å². The average molecular weight is 308 g/mol. The van der Waals surface area contributed by atoms with E-state index in [1.807, 2.05) is 11.8 Å². The molecule has 1 amide bonds. The molecule has 0 spiro atoms. The van der Waals surface area contributed by atoms with Gasteiger partial charge in [-0.15, -0.1) is 0 Å². The lowest BCUT2D eigenvalue weighted by molar-refractivity contribution is -0.141. The summed E-state index contributed by atoms with van der Waals surface area (Å²) in [4.78, 5) is 21.1. The van der Waals surface area contributed by atoms with E-state index in [4.69, 9.17) is 9.26 Å². The van der Waals surface area contributed by atoms with Crippen LogP contribution in [0.1, 0.15) is 31.5 Å². The minimum absolute atomic E-state index is 0.156. The van der Waals surface area contributed by atoms with Gasteiger partial charge in [0.25, 0.3) is 0 Å². The number of nitrogens with zero attached hydrogens (tertiary/aromatic N) is 4. The van der Waals surface area contributed by atoms with E-state index in [-0.39, 0.29) is 5.92 Å². The van der Waals surface area contributed by atoms with Crippen LogP contribution in [0, 0.1) is 5.92 Å². The number of hydrogen-bond donors (Lipinski definition) is 0. The van der Waals surface area contributed by atoms with Crippen LogP contribution in [0.3, 0.4) is 0 Å². The van der Waals surface area contributed by atoms with E-state index >= 15 is 0 Å². The van der Waals surface area contributed by atoms with Crippen LogP contribution in [0.25, 0.3) is 0 Å². The van der Waals surface area contributed by atoms with Crippen molar-refractivity contribution in [3.63, 3.8) is 0 Å². The highest BCUT2D eigenvalue weighted by Crippen LogP contribution is 2.21. The fraction of sp³-hybridized carbons (Fsp3) is 0.800. The van der Waals surface area contributed by atoms with E-state index in [9.17, 15) is 4.79 Å². The largest absolute Gasteiger partial charge is 0.378 e. The summed E-state index contributed by atoms with van der Waals surface area (Å²) in [5, 5.41) is 3.92. The normalized spacial score (nSPS) is 21.2. The van der Waals surface area contributed by atoms with E-state index < -0.39 is 0 Å². The minimum atomic E-state index is 0.156. The number of likely N-dealkylation sites (tertiary alicyclic amines) is 1. The molecule has 2 aliphatic rings. The zero-order valence-electron chi connectivity index (χ0n) is 13.2. The SMILES string of the molecule is CCc1noc(CN2CCC(C(=O)N3CCOCC3)CC2)n1. The quantitative estimate of drug-likeness (QED) is 0.815. The summed E-state index contributed by atoms with van der Waals surface area (Å²) in [6, 6.07) is 0. The van der Waals surface area contributed by atoms with Crippen molar-refractivity contribution in [1.29, 1.82) is 0 Å². The summed E-state index contributed by atoms with van der Waals surface area (Å²) >= 11 is 0. The molecule has 0 bridgehead atoms. The molecule has 3 heterocycles. The van der Waals surface area contributed by atoms with Crippen LogP contribution in [-0.2, 0) is 22.5 Å². The van der Waals surface area contributed by atoms with Gasteiger partial charge in [0.2, 0.25) is 11.8 Å². The van der Waals surface area contributed by atoms with Gasteiger partial charge >= 0.3 is 0 Å². The Morgan fingerprint density at radius 3 is 2.59 bits per heavy atom. The third-order valence-corrected chi connectivity index (χ3v) is 4.44. The summed E-state index contributed by atoms with van der Waals surface area (Å²) in [6.07, 6.45) is 2.61. The number of carbonyl (C=O) groups excluding carboxylic acids is 1. The van der Waals surface area contributed by atoms with Crippen LogP contribution in [0.4, 0.5) is 0 Å². The Labute approximate surface area is 130 Å². The zero-order chi connectivity index (χ0) is 15.4. The van der Waals surface area contributed by atoms with Crippen molar-refractivity contribution in [3.8, 4) is 0 Å². The van der Waals surface area contributed by atoms with Crippen molar-refractivity contribution in [3.05, 3.63) is 11.7 Å². The fourth-order valence-electron chi connectivity index (χ4n) is 3.07. The second-order valence-corrected chi connectivity index (χ2v) is 5.95. The molecule has 22 heavy (non-hydrogen) atoms. The van der Waals surface area contributed by atoms with Crippen molar-refractivity contribution in [2.75, 3.05) is 39.4 Å². The molecule has 0 atom stereocenters. The van der Waals surface area contributed by atoms with Gasteiger partial charge in [0.1, 0.15) is 0 Å². The molecule has 2 fully saturated rings.